The van der Waals surface area contributed by atoms with E-state index in [2.05, 4.69) is 0 Å². The van der Waals surface area contributed by atoms with Crippen LogP contribution in [0.15, 0.2) is 48.5 Å². The summed E-state index contributed by atoms with van der Waals surface area (Å²) >= 11 is 11.0. The lowest BCUT2D eigenvalue weighted by Crippen LogP contribution is -2.24. The molecule has 2 unspecified atom stereocenters. The molecule has 0 fully saturated rings. The van der Waals surface area contributed by atoms with E-state index in [-0.39, 0.29) is 17.0 Å². The van der Waals surface area contributed by atoms with Gasteiger partial charge >= 0.3 is 11.9 Å². The Bertz CT molecular complexity index is 664. The standard InChI is InChI=1S/2C7H5ClO2.C6H14O2/c2*8-6-3-1-5(2-4-6)7(9)10;1-4(5(2)7)6(3)8/h2*1-4H,(H,9,10);4-8H,1-3H3. The maximum Gasteiger partial charge on any atom is 0.335 e. The topological polar surface area (TPSA) is 115 Å². The number of aliphatic hydroxyl groups is 2. The molecule has 0 aromatic heterocycles. The SMILES string of the molecule is CC(O)C(C)C(C)O.O=C(O)c1ccc(Cl)cc1.O=C(O)c1ccc(Cl)cc1. The first-order chi connectivity index (χ1) is 13.0. The highest BCUT2D eigenvalue weighted by molar-refractivity contribution is 6.30. The van der Waals surface area contributed by atoms with Crippen LogP contribution in [0.4, 0.5) is 0 Å². The van der Waals surface area contributed by atoms with Crippen molar-refractivity contribution in [2.45, 2.75) is 33.0 Å². The number of hydrogen-bond donors (Lipinski definition) is 4. The number of carboxylic acid groups (broad SMARTS) is 2. The van der Waals surface area contributed by atoms with E-state index in [1.807, 2.05) is 6.92 Å². The Labute approximate surface area is 174 Å². The summed E-state index contributed by atoms with van der Waals surface area (Å²) < 4.78 is 0. The van der Waals surface area contributed by atoms with Crippen LogP contribution in [0.1, 0.15) is 41.5 Å². The molecule has 2 aromatic rings. The molecule has 0 aliphatic carbocycles. The summed E-state index contributed by atoms with van der Waals surface area (Å²) in [7, 11) is 0. The Morgan fingerprint density at radius 3 is 1.07 bits per heavy atom. The first-order valence-electron chi connectivity index (χ1n) is 8.29. The summed E-state index contributed by atoms with van der Waals surface area (Å²) in [5.41, 5.74) is 0.508. The lowest BCUT2D eigenvalue weighted by Gasteiger charge is -2.16. The fraction of sp³-hybridized carbons (Fsp3) is 0.300. The fourth-order valence-electron chi connectivity index (χ4n) is 1.59. The maximum absolute atomic E-state index is 10.3. The van der Waals surface area contributed by atoms with E-state index < -0.39 is 24.1 Å². The lowest BCUT2D eigenvalue weighted by atomic mass is 10.0. The summed E-state index contributed by atoms with van der Waals surface area (Å²) in [5, 5.41) is 35.6. The Kier molecular flexibility index (Phi) is 12.1. The van der Waals surface area contributed by atoms with Crippen molar-refractivity contribution < 1.29 is 30.0 Å². The van der Waals surface area contributed by atoms with Crippen LogP contribution in [0.2, 0.25) is 10.0 Å². The van der Waals surface area contributed by atoms with Gasteiger partial charge in [0, 0.05) is 16.0 Å². The number of rotatable bonds is 4. The van der Waals surface area contributed by atoms with E-state index in [0.717, 1.165) is 0 Å². The van der Waals surface area contributed by atoms with E-state index in [1.54, 1.807) is 38.1 Å². The minimum Gasteiger partial charge on any atom is -0.478 e. The minimum absolute atomic E-state index is 0.0185. The summed E-state index contributed by atoms with van der Waals surface area (Å²) in [6, 6.07) is 12.0. The second-order valence-corrected chi connectivity index (χ2v) is 6.84. The van der Waals surface area contributed by atoms with Crippen LogP contribution in [0.5, 0.6) is 0 Å². The molecule has 2 atom stereocenters. The van der Waals surface area contributed by atoms with Gasteiger partial charge in [-0.25, -0.2) is 9.59 Å². The third kappa shape index (κ3) is 10.9. The van der Waals surface area contributed by atoms with Gasteiger partial charge in [-0.3, -0.25) is 0 Å². The van der Waals surface area contributed by atoms with Gasteiger partial charge in [0.2, 0.25) is 0 Å². The zero-order valence-corrected chi connectivity index (χ0v) is 17.2. The number of hydrogen-bond acceptors (Lipinski definition) is 4. The maximum atomic E-state index is 10.3. The second kappa shape index (κ2) is 13.1. The average Bonchev–Trinajstić information content (AvgIpc) is 2.62. The van der Waals surface area contributed by atoms with Crippen molar-refractivity contribution in [3.63, 3.8) is 0 Å². The van der Waals surface area contributed by atoms with Gasteiger partial charge in [-0.15, -0.1) is 0 Å². The number of aliphatic hydroxyl groups excluding tert-OH is 2. The molecule has 0 aliphatic rings. The number of carbonyl (C=O) groups is 2. The van der Waals surface area contributed by atoms with Crippen molar-refractivity contribution in [2.75, 3.05) is 0 Å². The number of aromatic carboxylic acids is 2. The van der Waals surface area contributed by atoms with Crippen LogP contribution in [-0.2, 0) is 0 Å². The van der Waals surface area contributed by atoms with Gasteiger partial charge in [-0.1, -0.05) is 30.1 Å². The molecule has 0 radical (unpaired) electrons. The normalized spacial score (nSPS) is 13.0. The summed E-state index contributed by atoms with van der Waals surface area (Å²) in [6.45, 7) is 5.17. The molecule has 6 nitrogen and oxygen atoms in total. The Morgan fingerprint density at radius 2 is 0.929 bits per heavy atom. The van der Waals surface area contributed by atoms with Crippen molar-refractivity contribution in [1.29, 1.82) is 0 Å². The molecule has 28 heavy (non-hydrogen) atoms. The van der Waals surface area contributed by atoms with Gasteiger partial charge in [0.1, 0.15) is 0 Å². The van der Waals surface area contributed by atoms with Gasteiger partial charge < -0.3 is 20.4 Å². The van der Waals surface area contributed by atoms with Gasteiger partial charge in [0.25, 0.3) is 0 Å². The monoisotopic (exact) mass is 430 g/mol. The van der Waals surface area contributed by atoms with Crippen molar-refractivity contribution in [2.24, 2.45) is 5.92 Å². The number of benzene rings is 2. The molecule has 0 bridgehead atoms. The van der Waals surface area contributed by atoms with E-state index >= 15 is 0 Å². The summed E-state index contributed by atoms with van der Waals surface area (Å²) in [5.74, 6) is -1.89. The molecule has 0 amide bonds. The van der Waals surface area contributed by atoms with Gasteiger partial charge in [-0.05, 0) is 62.4 Å². The molecule has 2 aromatic carbocycles. The minimum atomic E-state index is -0.934. The first-order valence-corrected chi connectivity index (χ1v) is 9.05. The molecule has 8 heteroatoms. The van der Waals surface area contributed by atoms with Crippen molar-refractivity contribution >= 4 is 35.1 Å². The van der Waals surface area contributed by atoms with E-state index in [4.69, 9.17) is 43.6 Å². The first kappa shape index (κ1) is 25.9. The van der Waals surface area contributed by atoms with E-state index in [9.17, 15) is 9.59 Å². The third-order valence-corrected chi connectivity index (χ3v) is 4.21. The number of carboxylic acids is 2. The van der Waals surface area contributed by atoms with Gasteiger partial charge in [0.05, 0.1) is 23.3 Å². The van der Waals surface area contributed by atoms with E-state index in [1.165, 1.54) is 24.3 Å². The molecule has 154 valence electrons. The smallest absolute Gasteiger partial charge is 0.335 e. The largest absolute Gasteiger partial charge is 0.478 e. The quantitative estimate of drug-likeness (QED) is 0.568. The van der Waals surface area contributed by atoms with Crippen LogP contribution in [0.3, 0.4) is 0 Å². The van der Waals surface area contributed by atoms with Crippen LogP contribution >= 0.6 is 23.2 Å². The van der Waals surface area contributed by atoms with Gasteiger partial charge in [0.15, 0.2) is 0 Å². The second-order valence-electron chi connectivity index (χ2n) is 5.96. The predicted octanol–water partition coefficient (Wildman–Crippen LogP) is 4.46. The molecule has 0 spiro atoms. The zero-order valence-electron chi connectivity index (χ0n) is 15.7. The third-order valence-electron chi connectivity index (χ3n) is 3.70. The number of halogens is 2. The average molecular weight is 431 g/mol. The Balaban J connectivity index is 0.000000394. The van der Waals surface area contributed by atoms with Crippen LogP contribution in [-0.4, -0.2) is 44.6 Å². The van der Waals surface area contributed by atoms with Crippen LogP contribution in [0.25, 0.3) is 0 Å². The predicted molar refractivity (Wildman–Crippen MR) is 109 cm³/mol. The molecular weight excluding hydrogens is 407 g/mol. The molecule has 4 N–H and O–H groups in total. The van der Waals surface area contributed by atoms with Crippen molar-refractivity contribution in [3.05, 3.63) is 69.7 Å². The molecule has 0 saturated heterocycles. The highest BCUT2D eigenvalue weighted by atomic mass is 35.5. The highest BCUT2D eigenvalue weighted by Gasteiger charge is 2.13. The molecule has 0 saturated carbocycles. The Hall–Kier alpha value is -2.12. The molecule has 0 aliphatic heterocycles. The molecular formula is C20H24Cl2O6. The van der Waals surface area contributed by atoms with E-state index in [0.29, 0.717) is 10.0 Å². The van der Waals surface area contributed by atoms with Gasteiger partial charge in [-0.2, -0.15) is 0 Å². The Morgan fingerprint density at radius 1 is 0.679 bits per heavy atom. The van der Waals surface area contributed by atoms with Crippen LogP contribution in [0, 0.1) is 5.92 Å². The summed E-state index contributed by atoms with van der Waals surface area (Å²) in [4.78, 5) is 20.5. The molecule has 2 rings (SSSR count). The van der Waals surface area contributed by atoms with Crippen LogP contribution < -0.4 is 0 Å². The zero-order chi connectivity index (χ0) is 21.9. The van der Waals surface area contributed by atoms with Crippen molar-refractivity contribution in [1.82, 2.24) is 0 Å². The lowest BCUT2D eigenvalue weighted by molar-refractivity contribution is 0.0420. The summed E-state index contributed by atoms with van der Waals surface area (Å²) in [6.07, 6.45) is -0.815. The molecule has 0 heterocycles. The fourth-order valence-corrected chi connectivity index (χ4v) is 1.84. The highest BCUT2D eigenvalue weighted by Crippen LogP contribution is 2.09. The van der Waals surface area contributed by atoms with Crippen molar-refractivity contribution in [3.8, 4) is 0 Å².